The summed E-state index contributed by atoms with van der Waals surface area (Å²) in [6, 6.07) is 11.4. The van der Waals surface area contributed by atoms with E-state index in [9.17, 15) is 19.3 Å². The number of esters is 1. The first-order valence-electron chi connectivity index (χ1n) is 7.15. The highest BCUT2D eigenvalue weighted by Gasteiger charge is 2.26. The maximum Gasteiger partial charge on any atom is 0.349 e. The van der Waals surface area contributed by atoms with Crippen LogP contribution in [0.4, 0.5) is 10.1 Å². The number of hydrogen-bond acceptors (Lipinski definition) is 6. The number of halogens is 1. The number of benzene rings is 2. The number of nitro groups is 1. The van der Waals surface area contributed by atoms with Gasteiger partial charge < -0.3 is 9.26 Å². The van der Waals surface area contributed by atoms with Crippen molar-refractivity contribution in [3.05, 3.63) is 75.8 Å². The summed E-state index contributed by atoms with van der Waals surface area (Å²) in [6.45, 7) is 1.51. The molecule has 8 heteroatoms. The van der Waals surface area contributed by atoms with Gasteiger partial charge in [0.25, 0.3) is 0 Å². The monoisotopic (exact) mass is 342 g/mol. The standard InChI is InChI=1S/C17H11FN2O5/c1-10-15(16(19-25-10)11-5-3-2-4-6-11)17(21)24-14-9-12(18)7-8-13(14)20(22)23/h2-9H,1H3. The van der Waals surface area contributed by atoms with Gasteiger partial charge in [0.1, 0.15) is 22.8 Å². The van der Waals surface area contributed by atoms with E-state index in [4.69, 9.17) is 9.26 Å². The lowest BCUT2D eigenvalue weighted by atomic mass is 10.1. The number of hydrogen-bond donors (Lipinski definition) is 0. The molecule has 1 heterocycles. The summed E-state index contributed by atoms with van der Waals surface area (Å²) in [6.07, 6.45) is 0. The van der Waals surface area contributed by atoms with Crippen LogP contribution in [0.3, 0.4) is 0 Å². The van der Waals surface area contributed by atoms with Gasteiger partial charge in [-0.05, 0) is 13.0 Å². The summed E-state index contributed by atoms with van der Waals surface area (Å²) < 4.78 is 23.5. The fraction of sp³-hybridized carbons (Fsp3) is 0.0588. The Balaban J connectivity index is 2.00. The average molecular weight is 342 g/mol. The molecule has 0 bridgehead atoms. The zero-order valence-electron chi connectivity index (χ0n) is 12.9. The Morgan fingerprint density at radius 2 is 1.96 bits per heavy atom. The van der Waals surface area contributed by atoms with E-state index in [1.54, 1.807) is 30.3 Å². The van der Waals surface area contributed by atoms with Gasteiger partial charge in [-0.1, -0.05) is 35.5 Å². The van der Waals surface area contributed by atoms with E-state index < -0.39 is 28.1 Å². The van der Waals surface area contributed by atoms with Crippen molar-refractivity contribution < 1.29 is 23.4 Å². The topological polar surface area (TPSA) is 95.5 Å². The Kier molecular flexibility index (Phi) is 4.25. The molecule has 3 rings (SSSR count). The molecule has 1 aromatic heterocycles. The van der Waals surface area contributed by atoms with Crippen LogP contribution in [0.2, 0.25) is 0 Å². The molecule has 0 saturated carbocycles. The van der Waals surface area contributed by atoms with Crippen LogP contribution < -0.4 is 4.74 Å². The Labute approximate surface area is 140 Å². The van der Waals surface area contributed by atoms with Crippen LogP contribution in [0.25, 0.3) is 11.3 Å². The number of ether oxygens (including phenoxy) is 1. The Hall–Kier alpha value is -3.55. The summed E-state index contributed by atoms with van der Waals surface area (Å²) in [5.41, 5.74) is 0.345. The molecular weight excluding hydrogens is 331 g/mol. The first-order chi connectivity index (χ1) is 12.0. The molecule has 0 aliphatic heterocycles. The molecule has 0 amide bonds. The van der Waals surface area contributed by atoms with Gasteiger partial charge in [0.05, 0.1) is 4.92 Å². The molecule has 7 nitrogen and oxygen atoms in total. The first kappa shape index (κ1) is 16.3. The normalized spacial score (nSPS) is 10.5. The minimum absolute atomic E-state index is 0.0183. The Morgan fingerprint density at radius 3 is 2.64 bits per heavy atom. The minimum Gasteiger partial charge on any atom is -0.415 e. The average Bonchev–Trinajstić information content (AvgIpc) is 2.97. The zero-order valence-corrected chi connectivity index (χ0v) is 12.9. The van der Waals surface area contributed by atoms with Gasteiger partial charge in [-0.25, -0.2) is 9.18 Å². The minimum atomic E-state index is -0.925. The maximum atomic E-state index is 13.4. The molecular formula is C17H11FN2O5. The van der Waals surface area contributed by atoms with Crippen molar-refractivity contribution in [2.24, 2.45) is 0 Å². The predicted octanol–water partition coefficient (Wildman–Crippen LogP) is 3.92. The lowest BCUT2D eigenvalue weighted by Crippen LogP contribution is -2.11. The van der Waals surface area contributed by atoms with E-state index >= 15 is 0 Å². The van der Waals surface area contributed by atoms with E-state index in [2.05, 4.69) is 5.16 Å². The number of rotatable bonds is 4. The zero-order chi connectivity index (χ0) is 18.0. The highest BCUT2D eigenvalue weighted by atomic mass is 19.1. The molecule has 2 aromatic carbocycles. The van der Waals surface area contributed by atoms with Crippen molar-refractivity contribution in [3.63, 3.8) is 0 Å². The van der Waals surface area contributed by atoms with E-state index in [1.165, 1.54) is 6.92 Å². The number of aromatic nitrogens is 1. The second-order valence-electron chi connectivity index (χ2n) is 5.09. The van der Waals surface area contributed by atoms with Crippen LogP contribution >= 0.6 is 0 Å². The summed E-state index contributed by atoms with van der Waals surface area (Å²) in [5, 5.41) is 14.9. The number of carbonyl (C=O) groups is 1. The van der Waals surface area contributed by atoms with Crippen LogP contribution in [0.5, 0.6) is 5.75 Å². The van der Waals surface area contributed by atoms with Gasteiger partial charge in [-0.3, -0.25) is 10.1 Å². The second-order valence-corrected chi connectivity index (χ2v) is 5.09. The van der Waals surface area contributed by atoms with Crippen molar-refractivity contribution in [1.82, 2.24) is 5.16 Å². The molecule has 126 valence electrons. The molecule has 0 spiro atoms. The molecule has 0 saturated heterocycles. The first-order valence-corrected chi connectivity index (χ1v) is 7.15. The lowest BCUT2D eigenvalue weighted by Gasteiger charge is -2.06. The molecule has 0 N–H and O–H groups in total. The second kappa shape index (κ2) is 6.52. The smallest absolute Gasteiger partial charge is 0.349 e. The lowest BCUT2D eigenvalue weighted by molar-refractivity contribution is -0.385. The van der Waals surface area contributed by atoms with E-state index in [0.717, 1.165) is 18.2 Å². The molecule has 25 heavy (non-hydrogen) atoms. The fourth-order valence-electron chi connectivity index (χ4n) is 2.28. The highest BCUT2D eigenvalue weighted by Crippen LogP contribution is 2.31. The largest absolute Gasteiger partial charge is 0.415 e. The van der Waals surface area contributed by atoms with E-state index in [0.29, 0.717) is 5.56 Å². The van der Waals surface area contributed by atoms with E-state index in [-0.39, 0.29) is 17.0 Å². The van der Waals surface area contributed by atoms with Gasteiger partial charge in [0.15, 0.2) is 0 Å². The summed E-state index contributed by atoms with van der Waals surface area (Å²) in [5.74, 6) is -2.00. The van der Waals surface area contributed by atoms with Crippen LogP contribution in [0, 0.1) is 22.9 Å². The van der Waals surface area contributed by atoms with Gasteiger partial charge in [-0.15, -0.1) is 0 Å². The van der Waals surface area contributed by atoms with Gasteiger partial charge in [0.2, 0.25) is 5.75 Å². The number of carbonyl (C=O) groups excluding carboxylic acids is 1. The van der Waals surface area contributed by atoms with Crippen LogP contribution in [0.15, 0.2) is 53.1 Å². The Bertz CT molecular complexity index is 953. The summed E-state index contributed by atoms with van der Waals surface area (Å²) >= 11 is 0. The van der Waals surface area contributed by atoms with Crippen molar-refractivity contribution >= 4 is 11.7 Å². The maximum absolute atomic E-state index is 13.4. The number of nitrogens with zero attached hydrogens (tertiary/aromatic N) is 2. The third kappa shape index (κ3) is 3.23. The molecule has 0 aliphatic rings. The molecule has 0 aliphatic carbocycles. The third-order valence-corrected chi connectivity index (χ3v) is 3.44. The van der Waals surface area contributed by atoms with Crippen molar-refractivity contribution in [3.8, 4) is 17.0 Å². The number of aryl methyl sites for hydroxylation is 1. The Morgan fingerprint density at radius 1 is 1.24 bits per heavy atom. The molecule has 0 radical (unpaired) electrons. The highest BCUT2D eigenvalue weighted by molar-refractivity contribution is 5.98. The quantitative estimate of drug-likeness (QED) is 0.309. The third-order valence-electron chi connectivity index (χ3n) is 3.44. The molecule has 3 aromatic rings. The van der Waals surface area contributed by atoms with E-state index in [1.807, 2.05) is 0 Å². The molecule has 0 unspecified atom stereocenters. The SMILES string of the molecule is Cc1onc(-c2ccccc2)c1C(=O)Oc1cc(F)ccc1[N+](=O)[O-]. The fourth-order valence-corrected chi connectivity index (χ4v) is 2.28. The van der Waals surface area contributed by atoms with Gasteiger partial charge in [-0.2, -0.15) is 0 Å². The number of nitro benzene ring substituents is 1. The van der Waals surface area contributed by atoms with Gasteiger partial charge >= 0.3 is 11.7 Å². The predicted molar refractivity (Wildman–Crippen MR) is 84.7 cm³/mol. The van der Waals surface area contributed by atoms with Crippen molar-refractivity contribution in [1.29, 1.82) is 0 Å². The summed E-state index contributed by atoms with van der Waals surface area (Å²) in [4.78, 5) is 22.8. The van der Waals surface area contributed by atoms with Gasteiger partial charge in [0, 0.05) is 17.7 Å². The summed E-state index contributed by atoms with van der Waals surface area (Å²) in [7, 11) is 0. The van der Waals surface area contributed by atoms with Crippen LogP contribution in [-0.2, 0) is 0 Å². The molecule has 0 fully saturated rings. The van der Waals surface area contributed by atoms with Crippen molar-refractivity contribution in [2.45, 2.75) is 6.92 Å². The van der Waals surface area contributed by atoms with Crippen LogP contribution in [0.1, 0.15) is 16.1 Å². The van der Waals surface area contributed by atoms with Crippen molar-refractivity contribution in [2.75, 3.05) is 0 Å². The van der Waals surface area contributed by atoms with Crippen LogP contribution in [-0.4, -0.2) is 16.0 Å². The molecule has 0 atom stereocenters.